The summed E-state index contributed by atoms with van der Waals surface area (Å²) in [5, 5.41) is 10.9. The predicted molar refractivity (Wildman–Crippen MR) is 169 cm³/mol. The number of benzene rings is 1. The van der Waals surface area contributed by atoms with Crippen molar-refractivity contribution in [1.82, 2.24) is 24.4 Å². The van der Waals surface area contributed by atoms with Gasteiger partial charge in [0.05, 0.1) is 35.1 Å². The molecule has 1 amide bonds. The van der Waals surface area contributed by atoms with E-state index in [1.807, 2.05) is 56.0 Å². The Morgan fingerprint density at radius 2 is 1.89 bits per heavy atom. The molecule has 3 aromatic heterocycles. The average Bonchev–Trinajstić information content (AvgIpc) is 3.02. The van der Waals surface area contributed by atoms with Crippen molar-refractivity contribution in [2.45, 2.75) is 39.5 Å². The smallest absolute Gasteiger partial charge is 0.355 e. The molecule has 4 aromatic rings. The van der Waals surface area contributed by atoms with Crippen LogP contribution >= 0.6 is 0 Å². The first-order valence-corrected chi connectivity index (χ1v) is 14.8. The van der Waals surface area contributed by atoms with E-state index in [2.05, 4.69) is 27.5 Å². The highest BCUT2D eigenvalue weighted by Gasteiger charge is 2.46. The summed E-state index contributed by atoms with van der Waals surface area (Å²) in [7, 11) is 1.58. The average molecular weight is 590 g/mol. The maximum absolute atomic E-state index is 14.1. The number of ether oxygens (including phenoxy) is 1. The van der Waals surface area contributed by atoms with Crippen LogP contribution in [0.4, 0.5) is 5.82 Å². The van der Waals surface area contributed by atoms with Crippen LogP contribution in [0, 0.1) is 23.7 Å². The van der Waals surface area contributed by atoms with Gasteiger partial charge in [-0.05, 0) is 61.6 Å². The molecule has 10 nitrogen and oxygen atoms in total. The van der Waals surface area contributed by atoms with Gasteiger partial charge in [0.2, 0.25) is 5.91 Å². The second-order valence-corrected chi connectivity index (χ2v) is 12.0. The number of likely N-dealkylation sites (tertiary alicyclic amines) is 1. The summed E-state index contributed by atoms with van der Waals surface area (Å²) in [6.07, 6.45) is 4.83. The van der Waals surface area contributed by atoms with Crippen LogP contribution in [0.2, 0.25) is 0 Å². The zero-order valence-corrected chi connectivity index (χ0v) is 25.5. The third-order valence-corrected chi connectivity index (χ3v) is 8.92. The van der Waals surface area contributed by atoms with Gasteiger partial charge in [-0.15, -0.1) is 0 Å². The molecule has 0 unspecified atom stereocenters. The number of methoxy groups -OCH3 is 1. The van der Waals surface area contributed by atoms with Crippen molar-refractivity contribution >= 4 is 22.8 Å². The number of fused-ring (bicyclic) bond motifs is 1. The second kappa shape index (κ2) is 11.2. The van der Waals surface area contributed by atoms with Crippen LogP contribution in [0.1, 0.15) is 49.4 Å². The minimum absolute atomic E-state index is 0.0342. The van der Waals surface area contributed by atoms with Crippen LogP contribution in [0.15, 0.2) is 60.0 Å². The van der Waals surface area contributed by atoms with Crippen LogP contribution in [0.3, 0.4) is 0 Å². The maximum Gasteiger partial charge on any atom is 0.355 e. The fraction of sp³-hybridized carbons (Fsp3) is 0.353. The van der Waals surface area contributed by atoms with E-state index in [0.29, 0.717) is 71.3 Å². The molecule has 2 aliphatic heterocycles. The van der Waals surface area contributed by atoms with E-state index in [-0.39, 0.29) is 17.2 Å². The van der Waals surface area contributed by atoms with Crippen LogP contribution in [0.25, 0.3) is 28.0 Å². The molecule has 5 heterocycles. The first-order chi connectivity index (χ1) is 21.2. The number of anilines is 1. The predicted octanol–water partition coefficient (Wildman–Crippen LogP) is 4.77. The Kier molecular flexibility index (Phi) is 7.41. The molecule has 6 rings (SSSR count). The van der Waals surface area contributed by atoms with Gasteiger partial charge in [0.25, 0.3) is 0 Å². The lowest BCUT2D eigenvalue weighted by Crippen LogP contribution is -2.61. The van der Waals surface area contributed by atoms with E-state index in [1.54, 1.807) is 23.9 Å². The number of nitriles is 1. The molecule has 0 atom stereocenters. The number of amides is 1. The minimum Gasteiger partial charge on any atom is -0.496 e. The first-order valence-electron chi connectivity index (χ1n) is 14.8. The molecule has 0 radical (unpaired) electrons. The highest BCUT2D eigenvalue weighted by atomic mass is 16.5. The number of carbonyl (C=O) groups excluding carboxylic acids is 1. The van der Waals surface area contributed by atoms with Crippen molar-refractivity contribution in [3.8, 4) is 28.8 Å². The Bertz CT molecular complexity index is 1890. The molecule has 1 spiro atoms. The lowest BCUT2D eigenvalue weighted by Gasteiger charge is -2.53. The van der Waals surface area contributed by atoms with Crippen LogP contribution in [-0.2, 0) is 4.79 Å². The van der Waals surface area contributed by atoms with E-state index in [0.717, 1.165) is 24.1 Å². The van der Waals surface area contributed by atoms with Crippen molar-refractivity contribution in [3.63, 3.8) is 0 Å². The van der Waals surface area contributed by atoms with E-state index in [9.17, 15) is 14.9 Å². The number of rotatable bonds is 6. The van der Waals surface area contributed by atoms with Gasteiger partial charge in [0.1, 0.15) is 17.6 Å². The van der Waals surface area contributed by atoms with E-state index >= 15 is 0 Å². The molecule has 2 aliphatic rings. The van der Waals surface area contributed by atoms with Crippen LogP contribution in [-0.4, -0.2) is 63.6 Å². The third-order valence-electron chi connectivity index (χ3n) is 8.92. The molecular formula is C34H35N7O3. The topological polar surface area (TPSA) is 117 Å². The van der Waals surface area contributed by atoms with Gasteiger partial charge in [-0.3, -0.25) is 9.78 Å². The van der Waals surface area contributed by atoms with Gasteiger partial charge in [-0.1, -0.05) is 32.6 Å². The highest BCUT2D eigenvalue weighted by Crippen LogP contribution is 2.42. The number of pyridine rings is 2. The highest BCUT2D eigenvalue weighted by molar-refractivity contribution is 5.93. The lowest BCUT2D eigenvalue weighted by atomic mass is 9.72. The number of piperidine rings is 1. The van der Waals surface area contributed by atoms with Gasteiger partial charge < -0.3 is 14.5 Å². The molecule has 0 N–H and O–H groups in total. The molecule has 1 aromatic carbocycles. The van der Waals surface area contributed by atoms with Crippen molar-refractivity contribution in [2.24, 2.45) is 5.41 Å². The quantitative estimate of drug-likeness (QED) is 0.295. The zero-order valence-electron chi connectivity index (χ0n) is 25.5. The number of aryl methyl sites for hydroxylation is 1. The molecule has 10 heteroatoms. The van der Waals surface area contributed by atoms with Gasteiger partial charge in [0, 0.05) is 43.4 Å². The molecule has 2 fully saturated rings. The number of hydrogen-bond acceptors (Lipinski definition) is 8. The number of hydrogen-bond donors (Lipinski definition) is 0. The fourth-order valence-corrected chi connectivity index (χ4v) is 6.55. The van der Waals surface area contributed by atoms with E-state index in [1.165, 1.54) is 6.08 Å². The van der Waals surface area contributed by atoms with Gasteiger partial charge in [-0.25, -0.2) is 14.3 Å². The van der Waals surface area contributed by atoms with Crippen molar-refractivity contribution < 1.29 is 9.53 Å². The summed E-state index contributed by atoms with van der Waals surface area (Å²) in [5.41, 5.74) is 3.73. The summed E-state index contributed by atoms with van der Waals surface area (Å²) < 4.78 is 7.17. The molecule has 0 saturated carbocycles. The van der Waals surface area contributed by atoms with Crippen molar-refractivity contribution in [2.75, 3.05) is 38.2 Å². The normalized spacial score (nSPS) is 15.7. The van der Waals surface area contributed by atoms with Gasteiger partial charge in [-0.2, -0.15) is 10.2 Å². The number of aromatic nitrogens is 4. The zero-order chi connectivity index (χ0) is 31.2. The number of nitrogens with zero attached hydrogens (tertiary/aromatic N) is 7. The molecule has 0 aliphatic carbocycles. The molecule has 224 valence electrons. The Balaban J connectivity index is 1.54. The molecule has 2 saturated heterocycles. The Hall–Kier alpha value is -5.04. The molecular weight excluding hydrogens is 554 g/mol. The van der Waals surface area contributed by atoms with Crippen LogP contribution < -0.4 is 15.3 Å². The van der Waals surface area contributed by atoms with Crippen molar-refractivity contribution in [1.29, 1.82) is 5.26 Å². The minimum atomic E-state index is -0.458. The van der Waals surface area contributed by atoms with Gasteiger partial charge in [0.15, 0.2) is 5.65 Å². The molecule has 44 heavy (non-hydrogen) atoms. The van der Waals surface area contributed by atoms with Crippen LogP contribution in [0.5, 0.6) is 5.75 Å². The maximum atomic E-state index is 14.1. The first kappa shape index (κ1) is 29.1. The summed E-state index contributed by atoms with van der Waals surface area (Å²) in [5.74, 6) is 1.08. The third kappa shape index (κ3) is 4.78. The Morgan fingerprint density at radius 3 is 2.55 bits per heavy atom. The summed E-state index contributed by atoms with van der Waals surface area (Å²) in [4.78, 5) is 44.5. The standard InChI is InChI=1S/C34H35N7O3/c1-6-27(42)40-19-34(20-40)12-15-39(16-13-34)31-25-17-23(18-35)29(24-9-7-8-10-26(24)44-5)37-32(25)41(33(43)38-31)30-22(4)11-14-36-28(30)21(2)3/h6-11,14,17,21H,1,12-13,15-16,19-20H2,2-5H3. The fourth-order valence-electron chi connectivity index (χ4n) is 6.55. The number of carbonyl (C=O) groups is 1. The summed E-state index contributed by atoms with van der Waals surface area (Å²) in [6.45, 7) is 12.4. The monoisotopic (exact) mass is 589 g/mol. The summed E-state index contributed by atoms with van der Waals surface area (Å²) >= 11 is 0. The SMILES string of the molecule is C=CC(=O)N1CC2(CCN(c3nc(=O)n(-c4c(C)ccnc4C(C)C)c4nc(-c5ccccc5OC)c(C#N)cc34)CC2)C1. The van der Waals surface area contributed by atoms with Crippen molar-refractivity contribution in [3.05, 3.63) is 82.6 Å². The molecule has 0 bridgehead atoms. The largest absolute Gasteiger partial charge is 0.496 e. The Labute approximate surface area is 256 Å². The van der Waals surface area contributed by atoms with E-state index in [4.69, 9.17) is 9.72 Å². The van der Waals surface area contributed by atoms with Gasteiger partial charge >= 0.3 is 5.69 Å². The lowest BCUT2D eigenvalue weighted by molar-refractivity contribution is -0.139. The Morgan fingerprint density at radius 1 is 1.16 bits per heavy atom. The second-order valence-electron chi connectivity index (χ2n) is 12.0. The number of para-hydroxylation sites is 1. The summed E-state index contributed by atoms with van der Waals surface area (Å²) in [6, 6.07) is 13.4. The van der Waals surface area contributed by atoms with E-state index < -0.39 is 5.69 Å².